The lowest BCUT2D eigenvalue weighted by molar-refractivity contribution is -0.130. The lowest BCUT2D eigenvalue weighted by Gasteiger charge is -2.30. The molecular formula is C21H23FN2O3S. The Hall–Kier alpha value is -2.28. The summed E-state index contributed by atoms with van der Waals surface area (Å²) in [4.78, 5) is 29.3. The second-order valence-electron chi connectivity index (χ2n) is 7.43. The van der Waals surface area contributed by atoms with Crippen molar-refractivity contribution in [1.82, 2.24) is 9.80 Å². The second kappa shape index (κ2) is 7.99. The molecule has 4 rings (SSSR count). The number of benzene rings is 1. The van der Waals surface area contributed by atoms with E-state index in [0.717, 1.165) is 11.3 Å². The minimum absolute atomic E-state index is 0.107. The Bertz CT molecular complexity index is 857. The Labute approximate surface area is 167 Å². The SMILES string of the molecule is CSCCC(=O)N1C[C@H]2CN(C(=O)c3ccoc3)[C@@H](c3cccc(F)c3)[C@H]2C1. The third-order valence-corrected chi connectivity index (χ3v) is 6.37. The zero-order valence-corrected chi connectivity index (χ0v) is 16.5. The molecule has 2 fully saturated rings. The van der Waals surface area contributed by atoms with Gasteiger partial charge in [0, 0.05) is 43.6 Å². The normalized spacial score (nSPS) is 23.9. The Morgan fingerprint density at radius 3 is 2.82 bits per heavy atom. The van der Waals surface area contributed by atoms with Gasteiger partial charge in [0.15, 0.2) is 0 Å². The number of carbonyl (C=O) groups excluding carboxylic acids is 2. The first-order valence-corrected chi connectivity index (χ1v) is 10.8. The third kappa shape index (κ3) is 3.55. The summed E-state index contributed by atoms with van der Waals surface area (Å²) in [6.45, 7) is 1.81. The number of furan rings is 1. The molecule has 1 aromatic carbocycles. The van der Waals surface area contributed by atoms with Crippen LogP contribution in [-0.4, -0.2) is 53.3 Å². The number of thioether (sulfide) groups is 1. The fraction of sp³-hybridized carbons (Fsp3) is 0.429. The Balaban J connectivity index is 1.60. The van der Waals surface area contributed by atoms with Crippen LogP contribution in [0.25, 0.3) is 0 Å². The summed E-state index contributed by atoms with van der Waals surface area (Å²) in [6.07, 6.45) is 5.44. The van der Waals surface area contributed by atoms with E-state index >= 15 is 0 Å². The van der Waals surface area contributed by atoms with Crippen LogP contribution in [0.1, 0.15) is 28.4 Å². The molecule has 5 nitrogen and oxygen atoms in total. The first-order valence-electron chi connectivity index (χ1n) is 9.44. The van der Waals surface area contributed by atoms with Crippen molar-refractivity contribution in [2.45, 2.75) is 12.5 Å². The molecule has 0 N–H and O–H groups in total. The van der Waals surface area contributed by atoms with Gasteiger partial charge >= 0.3 is 0 Å². The highest BCUT2D eigenvalue weighted by Crippen LogP contribution is 2.45. The molecule has 2 aromatic rings. The van der Waals surface area contributed by atoms with Gasteiger partial charge in [-0.25, -0.2) is 4.39 Å². The minimum Gasteiger partial charge on any atom is -0.472 e. The summed E-state index contributed by atoms with van der Waals surface area (Å²) < 4.78 is 19.0. The van der Waals surface area contributed by atoms with Crippen LogP contribution in [0.15, 0.2) is 47.3 Å². The molecule has 7 heteroatoms. The van der Waals surface area contributed by atoms with E-state index in [4.69, 9.17) is 4.42 Å². The molecular weight excluding hydrogens is 379 g/mol. The number of halogens is 1. The number of carbonyl (C=O) groups is 2. The zero-order valence-electron chi connectivity index (χ0n) is 15.7. The van der Waals surface area contributed by atoms with Gasteiger partial charge in [-0.1, -0.05) is 12.1 Å². The standard InChI is InChI=1S/C21H23FN2O3S/c1-28-8-6-19(25)23-10-16-11-24(21(26)15-5-7-27-13-15)20(18(16)12-23)14-3-2-4-17(22)9-14/h2-5,7,9,13,16,18,20H,6,8,10-12H2,1H3/t16-,18-,20-/m0/s1. The molecule has 0 bridgehead atoms. The molecule has 148 valence electrons. The minimum atomic E-state index is -0.317. The summed E-state index contributed by atoms with van der Waals surface area (Å²) in [5.74, 6) is 0.844. The number of hydrogen-bond donors (Lipinski definition) is 0. The van der Waals surface area contributed by atoms with Crippen LogP contribution in [0.3, 0.4) is 0 Å². The summed E-state index contributed by atoms with van der Waals surface area (Å²) in [5, 5.41) is 0. The van der Waals surface area contributed by atoms with Gasteiger partial charge in [0.05, 0.1) is 17.9 Å². The highest BCUT2D eigenvalue weighted by molar-refractivity contribution is 7.98. The molecule has 28 heavy (non-hydrogen) atoms. The molecule has 1 aromatic heterocycles. The fourth-order valence-corrected chi connectivity index (χ4v) is 4.85. The zero-order chi connectivity index (χ0) is 19.7. The first kappa shape index (κ1) is 19.1. The number of nitrogens with zero attached hydrogens (tertiary/aromatic N) is 2. The number of amides is 2. The van der Waals surface area contributed by atoms with Gasteiger partial charge in [-0.3, -0.25) is 9.59 Å². The molecule has 0 spiro atoms. The number of rotatable bonds is 5. The first-order chi connectivity index (χ1) is 13.6. The number of likely N-dealkylation sites (tertiary alicyclic amines) is 2. The van der Waals surface area contributed by atoms with Crippen LogP contribution in [0, 0.1) is 17.7 Å². The molecule has 0 radical (unpaired) electrons. The molecule has 3 heterocycles. The molecule has 2 amide bonds. The van der Waals surface area contributed by atoms with Crippen LogP contribution in [-0.2, 0) is 4.79 Å². The van der Waals surface area contributed by atoms with Crippen LogP contribution in [0.4, 0.5) is 4.39 Å². The fourth-order valence-electron chi connectivity index (χ4n) is 4.47. The maximum atomic E-state index is 13.9. The van der Waals surface area contributed by atoms with Crippen molar-refractivity contribution in [2.75, 3.05) is 31.6 Å². The lowest BCUT2D eigenvalue weighted by Crippen LogP contribution is -2.37. The van der Waals surface area contributed by atoms with Gasteiger partial charge < -0.3 is 14.2 Å². The van der Waals surface area contributed by atoms with E-state index in [1.54, 1.807) is 23.9 Å². The molecule has 0 aliphatic carbocycles. The molecule has 2 aliphatic rings. The third-order valence-electron chi connectivity index (χ3n) is 5.76. The van der Waals surface area contributed by atoms with Crippen molar-refractivity contribution in [3.8, 4) is 0 Å². The van der Waals surface area contributed by atoms with Gasteiger partial charge in [0.2, 0.25) is 5.91 Å². The van der Waals surface area contributed by atoms with Crippen molar-refractivity contribution in [2.24, 2.45) is 11.8 Å². The summed E-state index contributed by atoms with van der Waals surface area (Å²) >= 11 is 1.66. The summed E-state index contributed by atoms with van der Waals surface area (Å²) in [7, 11) is 0. The predicted octanol–water partition coefficient (Wildman–Crippen LogP) is 3.44. The maximum Gasteiger partial charge on any atom is 0.257 e. The van der Waals surface area contributed by atoms with Crippen molar-refractivity contribution in [3.05, 3.63) is 59.8 Å². The van der Waals surface area contributed by atoms with E-state index < -0.39 is 0 Å². The Morgan fingerprint density at radius 2 is 2.11 bits per heavy atom. The highest BCUT2D eigenvalue weighted by Gasteiger charge is 2.50. The molecule has 0 unspecified atom stereocenters. The largest absolute Gasteiger partial charge is 0.472 e. The van der Waals surface area contributed by atoms with Gasteiger partial charge in [0.1, 0.15) is 12.1 Å². The van der Waals surface area contributed by atoms with Crippen LogP contribution < -0.4 is 0 Å². The van der Waals surface area contributed by atoms with Gasteiger partial charge in [-0.05, 0) is 30.0 Å². The van der Waals surface area contributed by atoms with Crippen molar-refractivity contribution < 1.29 is 18.4 Å². The second-order valence-corrected chi connectivity index (χ2v) is 8.42. The monoisotopic (exact) mass is 402 g/mol. The van der Waals surface area contributed by atoms with Crippen molar-refractivity contribution in [3.63, 3.8) is 0 Å². The topological polar surface area (TPSA) is 53.8 Å². The lowest BCUT2D eigenvalue weighted by atomic mass is 9.89. The van der Waals surface area contributed by atoms with Crippen LogP contribution in [0.2, 0.25) is 0 Å². The molecule has 2 aliphatic heterocycles. The molecule has 2 saturated heterocycles. The number of hydrogen-bond acceptors (Lipinski definition) is 4. The Kier molecular flexibility index (Phi) is 5.44. The molecule has 3 atom stereocenters. The van der Waals surface area contributed by atoms with E-state index in [1.807, 2.05) is 22.1 Å². The number of fused-ring (bicyclic) bond motifs is 1. The van der Waals surface area contributed by atoms with Crippen LogP contribution >= 0.6 is 11.8 Å². The van der Waals surface area contributed by atoms with Gasteiger partial charge in [-0.2, -0.15) is 11.8 Å². The van der Waals surface area contributed by atoms with E-state index in [2.05, 4.69) is 0 Å². The quantitative estimate of drug-likeness (QED) is 0.769. The summed E-state index contributed by atoms with van der Waals surface area (Å²) in [6, 6.07) is 7.85. The van der Waals surface area contributed by atoms with E-state index in [1.165, 1.54) is 24.7 Å². The average Bonchev–Trinajstić information content (AvgIpc) is 3.40. The van der Waals surface area contributed by atoms with E-state index in [0.29, 0.717) is 31.6 Å². The van der Waals surface area contributed by atoms with E-state index in [9.17, 15) is 14.0 Å². The smallest absolute Gasteiger partial charge is 0.257 e. The van der Waals surface area contributed by atoms with Crippen molar-refractivity contribution in [1.29, 1.82) is 0 Å². The average molecular weight is 402 g/mol. The Morgan fingerprint density at radius 1 is 1.25 bits per heavy atom. The van der Waals surface area contributed by atoms with E-state index in [-0.39, 0.29) is 35.5 Å². The maximum absolute atomic E-state index is 13.9. The van der Waals surface area contributed by atoms with Gasteiger partial charge in [-0.15, -0.1) is 0 Å². The predicted molar refractivity (Wildman–Crippen MR) is 105 cm³/mol. The summed E-state index contributed by atoms with van der Waals surface area (Å²) in [5.41, 5.74) is 1.28. The van der Waals surface area contributed by atoms with Crippen LogP contribution in [0.5, 0.6) is 0 Å². The highest BCUT2D eigenvalue weighted by atomic mass is 32.2. The van der Waals surface area contributed by atoms with Gasteiger partial charge in [0.25, 0.3) is 5.91 Å². The molecule has 0 saturated carbocycles. The van der Waals surface area contributed by atoms with Crippen molar-refractivity contribution >= 4 is 23.6 Å².